The van der Waals surface area contributed by atoms with Crippen molar-refractivity contribution >= 4 is 7.71 Å². The predicted octanol–water partition coefficient (Wildman–Crippen LogP) is 2.17. The minimum atomic E-state index is -1.91. The molecule has 0 aromatic heterocycles. The van der Waals surface area contributed by atoms with E-state index in [9.17, 15) is 0 Å². The molecule has 0 aromatic rings. The zero-order valence-corrected chi connectivity index (χ0v) is 14.3. The Balaban J connectivity index is 3.32. The number of rotatable bonds is 3. The van der Waals surface area contributed by atoms with Crippen LogP contribution in [-0.4, -0.2) is 59.1 Å². The third kappa shape index (κ3) is 2.34. The molecule has 1 aliphatic rings. The number of nitrogens with two attached hydrogens (primary N) is 1. The first kappa shape index (κ1) is 16.3. The molecule has 18 heavy (non-hydrogen) atoms. The van der Waals surface area contributed by atoms with Gasteiger partial charge in [-0.05, 0) is 0 Å². The van der Waals surface area contributed by atoms with Gasteiger partial charge in [-0.25, -0.2) is 0 Å². The molecule has 1 unspecified atom stereocenters. The number of nitrogens with zero attached hydrogens (tertiary/aromatic N) is 3. The number of hydrogen-bond acceptors (Lipinski definition) is 4. The van der Waals surface area contributed by atoms with E-state index in [1.54, 1.807) is 0 Å². The van der Waals surface area contributed by atoms with Crippen molar-refractivity contribution in [3.05, 3.63) is 0 Å². The average molecular weight is 276 g/mol. The second kappa shape index (κ2) is 5.72. The van der Waals surface area contributed by atoms with Crippen molar-refractivity contribution in [1.82, 2.24) is 14.0 Å². The van der Waals surface area contributed by atoms with Gasteiger partial charge in [0, 0.05) is 0 Å². The molecule has 1 heterocycles. The van der Waals surface area contributed by atoms with Crippen molar-refractivity contribution in [2.45, 2.75) is 52.4 Å². The van der Waals surface area contributed by atoms with Crippen LogP contribution >= 0.6 is 7.71 Å². The molecule has 0 aromatic carbocycles. The van der Waals surface area contributed by atoms with Crippen molar-refractivity contribution in [2.75, 3.05) is 33.7 Å². The molecule has 0 aliphatic carbocycles. The van der Waals surface area contributed by atoms with Gasteiger partial charge in [-0.1, -0.05) is 0 Å². The van der Waals surface area contributed by atoms with E-state index in [4.69, 9.17) is 5.73 Å². The van der Waals surface area contributed by atoms with Gasteiger partial charge in [-0.15, -0.1) is 0 Å². The fourth-order valence-corrected chi connectivity index (χ4v) is 10.4. The fraction of sp³-hybridized carbons (Fsp3) is 1.00. The Morgan fingerprint density at radius 1 is 1.22 bits per heavy atom. The maximum atomic E-state index is 6.37. The van der Waals surface area contributed by atoms with Gasteiger partial charge in [0.2, 0.25) is 0 Å². The summed E-state index contributed by atoms with van der Waals surface area (Å²) in [6.45, 7) is 15.0. The van der Waals surface area contributed by atoms with Crippen molar-refractivity contribution < 1.29 is 0 Å². The van der Waals surface area contributed by atoms with Crippen LogP contribution in [0.3, 0.4) is 0 Å². The van der Waals surface area contributed by atoms with Gasteiger partial charge in [0.1, 0.15) is 0 Å². The maximum absolute atomic E-state index is 6.37. The molecular formula is C13H33N4P. The summed E-state index contributed by atoms with van der Waals surface area (Å²) < 4.78 is 7.79. The zero-order chi connectivity index (χ0) is 14.1. The molecule has 0 radical (unpaired) electrons. The first-order valence-electron chi connectivity index (χ1n) is 7.18. The first-order chi connectivity index (χ1) is 8.23. The molecule has 1 atom stereocenters. The molecule has 110 valence electrons. The van der Waals surface area contributed by atoms with Gasteiger partial charge in [0.25, 0.3) is 0 Å². The van der Waals surface area contributed by atoms with Crippen LogP contribution < -0.4 is 5.73 Å². The van der Waals surface area contributed by atoms with Gasteiger partial charge in [-0.3, -0.25) is 0 Å². The standard InChI is InChI=1S/C13H33N4P/c1-8-17(9-2)18(13(3,4)5)15(6)11-10-12(14)16(18)7/h12,18H,8-11,14H2,1-7H3. The van der Waals surface area contributed by atoms with Crippen molar-refractivity contribution in [3.63, 3.8) is 0 Å². The SMILES string of the molecule is CCN(CC)[PH]1(C(C)(C)C)N(C)CCC(N)N1C. The summed E-state index contributed by atoms with van der Waals surface area (Å²) in [4.78, 5) is 0. The molecule has 1 saturated heterocycles. The van der Waals surface area contributed by atoms with E-state index in [2.05, 4.69) is 62.7 Å². The van der Waals surface area contributed by atoms with E-state index < -0.39 is 7.71 Å². The molecule has 1 aliphatic heterocycles. The Morgan fingerprint density at radius 2 is 1.72 bits per heavy atom. The van der Waals surface area contributed by atoms with Crippen molar-refractivity contribution in [3.8, 4) is 0 Å². The summed E-state index contributed by atoms with van der Waals surface area (Å²) in [5.41, 5.74) is 6.37. The number of hydrogen-bond donors (Lipinski definition) is 1. The fourth-order valence-electron chi connectivity index (χ4n) is 3.88. The average Bonchev–Trinajstić information content (AvgIpc) is 2.28. The summed E-state index contributed by atoms with van der Waals surface area (Å²) in [5.74, 6) is 0. The topological polar surface area (TPSA) is 35.7 Å². The van der Waals surface area contributed by atoms with E-state index in [0.717, 1.165) is 26.1 Å². The summed E-state index contributed by atoms with van der Waals surface area (Å²) in [6.07, 6.45) is 1.27. The van der Waals surface area contributed by atoms with Gasteiger partial charge < -0.3 is 0 Å². The molecule has 1 fully saturated rings. The zero-order valence-electron chi connectivity index (χ0n) is 13.3. The second-order valence-electron chi connectivity index (χ2n) is 6.45. The quantitative estimate of drug-likeness (QED) is 0.802. The van der Waals surface area contributed by atoms with Gasteiger partial charge >= 0.3 is 114 Å². The Labute approximate surface area is 114 Å². The van der Waals surface area contributed by atoms with Crippen LogP contribution in [0.4, 0.5) is 0 Å². The third-order valence-corrected chi connectivity index (χ3v) is 10.6. The summed E-state index contributed by atoms with van der Waals surface area (Å²) >= 11 is 0. The first-order valence-corrected chi connectivity index (χ1v) is 9.02. The monoisotopic (exact) mass is 276 g/mol. The van der Waals surface area contributed by atoms with Crippen molar-refractivity contribution in [1.29, 1.82) is 0 Å². The normalized spacial score (nSPS) is 28.6. The molecule has 0 bridgehead atoms. The molecule has 5 heteroatoms. The Hall–Kier alpha value is 0.270. The van der Waals surface area contributed by atoms with Gasteiger partial charge in [-0.2, -0.15) is 0 Å². The van der Waals surface area contributed by atoms with E-state index in [-0.39, 0.29) is 11.3 Å². The molecule has 0 spiro atoms. The van der Waals surface area contributed by atoms with E-state index in [1.807, 2.05) is 0 Å². The van der Waals surface area contributed by atoms with Crippen LogP contribution in [0.1, 0.15) is 41.0 Å². The Bertz CT molecular complexity index is 271. The Morgan fingerprint density at radius 3 is 2.11 bits per heavy atom. The summed E-state index contributed by atoms with van der Waals surface area (Å²) in [6, 6.07) is 0. The van der Waals surface area contributed by atoms with Crippen LogP contribution in [0.2, 0.25) is 0 Å². The predicted molar refractivity (Wildman–Crippen MR) is 84.0 cm³/mol. The van der Waals surface area contributed by atoms with Crippen LogP contribution in [0.25, 0.3) is 0 Å². The summed E-state index contributed by atoms with van der Waals surface area (Å²) in [7, 11) is 2.61. The molecule has 0 amide bonds. The molecule has 1 rings (SSSR count). The Kier molecular flexibility index (Phi) is 5.19. The molecule has 2 N–H and O–H groups in total. The van der Waals surface area contributed by atoms with Crippen molar-refractivity contribution in [2.24, 2.45) is 5.73 Å². The van der Waals surface area contributed by atoms with Crippen LogP contribution in [0.15, 0.2) is 0 Å². The van der Waals surface area contributed by atoms with Crippen LogP contribution in [-0.2, 0) is 0 Å². The molecule has 4 nitrogen and oxygen atoms in total. The molecular weight excluding hydrogens is 243 g/mol. The van der Waals surface area contributed by atoms with Crippen LogP contribution in [0, 0.1) is 0 Å². The van der Waals surface area contributed by atoms with Gasteiger partial charge in [0.05, 0.1) is 0 Å². The van der Waals surface area contributed by atoms with E-state index >= 15 is 0 Å². The molecule has 0 saturated carbocycles. The second-order valence-corrected chi connectivity index (χ2v) is 11.3. The van der Waals surface area contributed by atoms with E-state index in [1.165, 1.54) is 0 Å². The van der Waals surface area contributed by atoms with Crippen LogP contribution in [0.5, 0.6) is 0 Å². The summed E-state index contributed by atoms with van der Waals surface area (Å²) in [5, 5.41) is 0.251. The third-order valence-electron chi connectivity index (χ3n) is 4.49. The minimum absolute atomic E-state index is 0.202. The van der Waals surface area contributed by atoms with Gasteiger partial charge in [0.15, 0.2) is 0 Å². The van der Waals surface area contributed by atoms with E-state index in [0.29, 0.717) is 0 Å².